The predicted molar refractivity (Wildman–Crippen MR) is 82.8 cm³/mol. The zero-order valence-electron chi connectivity index (χ0n) is 12.9. The summed E-state index contributed by atoms with van der Waals surface area (Å²) < 4.78 is 0. The highest BCUT2D eigenvalue weighted by atomic mass is 16.1. The molecule has 6 heteroatoms. The number of carbonyl (C=O) groups excluding carboxylic acids is 1. The molecule has 6 nitrogen and oxygen atoms in total. The third-order valence-electron chi connectivity index (χ3n) is 4.34. The average molecular weight is 291 g/mol. The molecular formula is C15H25N5O. The molecule has 1 aliphatic heterocycles. The van der Waals surface area contributed by atoms with Crippen molar-refractivity contribution in [3.05, 3.63) is 16.8 Å². The van der Waals surface area contributed by atoms with Gasteiger partial charge in [-0.15, -0.1) is 5.10 Å². The number of primary amides is 1. The molecule has 0 aromatic carbocycles. The molecule has 1 aliphatic rings. The van der Waals surface area contributed by atoms with Crippen LogP contribution in [-0.2, 0) is 24.2 Å². The SMILES string of the molecule is CCc1nnc(N2CCC(C(N)=O)CC2)c(CN)c1CC. The summed E-state index contributed by atoms with van der Waals surface area (Å²) in [4.78, 5) is 13.4. The van der Waals surface area contributed by atoms with Crippen LogP contribution in [0.5, 0.6) is 0 Å². The van der Waals surface area contributed by atoms with Gasteiger partial charge in [0, 0.05) is 31.1 Å². The lowest BCUT2D eigenvalue weighted by Crippen LogP contribution is -2.39. The van der Waals surface area contributed by atoms with Gasteiger partial charge in [0.2, 0.25) is 5.91 Å². The Labute approximate surface area is 125 Å². The van der Waals surface area contributed by atoms with Crippen molar-refractivity contribution in [1.82, 2.24) is 10.2 Å². The maximum Gasteiger partial charge on any atom is 0.220 e. The molecule has 0 radical (unpaired) electrons. The molecule has 2 rings (SSSR count). The Bertz CT molecular complexity index is 509. The van der Waals surface area contributed by atoms with Gasteiger partial charge in [-0.2, -0.15) is 5.10 Å². The maximum absolute atomic E-state index is 11.3. The molecule has 21 heavy (non-hydrogen) atoms. The highest BCUT2D eigenvalue weighted by molar-refractivity contribution is 5.77. The minimum atomic E-state index is -0.199. The lowest BCUT2D eigenvalue weighted by molar-refractivity contribution is -0.122. The lowest BCUT2D eigenvalue weighted by Gasteiger charge is -2.33. The number of anilines is 1. The number of aromatic nitrogens is 2. The van der Waals surface area contributed by atoms with Gasteiger partial charge in [0.1, 0.15) is 0 Å². The second-order valence-corrected chi connectivity index (χ2v) is 5.50. The molecule has 1 aromatic rings. The normalized spacial score (nSPS) is 16.2. The van der Waals surface area contributed by atoms with E-state index in [1.165, 1.54) is 5.56 Å². The minimum Gasteiger partial charge on any atom is -0.369 e. The molecule has 2 heterocycles. The van der Waals surface area contributed by atoms with Crippen molar-refractivity contribution < 1.29 is 4.79 Å². The molecule has 0 aliphatic carbocycles. The van der Waals surface area contributed by atoms with Crippen LogP contribution in [0.3, 0.4) is 0 Å². The highest BCUT2D eigenvalue weighted by Crippen LogP contribution is 2.27. The number of piperidine rings is 1. The fraction of sp³-hybridized carbons (Fsp3) is 0.667. The topological polar surface area (TPSA) is 98.1 Å². The fourth-order valence-corrected chi connectivity index (χ4v) is 3.08. The monoisotopic (exact) mass is 291 g/mol. The van der Waals surface area contributed by atoms with E-state index in [0.29, 0.717) is 6.54 Å². The van der Waals surface area contributed by atoms with Crippen LogP contribution in [0.2, 0.25) is 0 Å². The van der Waals surface area contributed by atoms with Crippen LogP contribution in [0.4, 0.5) is 5.82 Å². The molecule has 0 unspecified atom stereocenters. The zero-order chi connectivity index (χ0) is 15.4. The maximum atomic E-state index is 11.3. The van der Waals surface area contributed by atoms with E-state index in [0.717, 1.165) is 55.8 Å². The van der Waals surface area contributed by atoms with E-state index in [1.54, 1.807) is 0 Å². The van der Waals surface area contributed by atoms with Crippen LogP contribution in [0, 0.1) is 5.92 Å². The quantitative estimate of drug-likeness (QED) is 0.834. The van der Waals surface area contributed by atoms with Gasteiger partial charge in [0.05, 0.1) is 5.69 Å². The van der Waals surface area contributed by atoms with Crippen LogP contribution in [0.1, 0.15) is 43.5 Å². The first-order valence-electron chi connectivity index (χ1n) is 7.73. The van der Waals surface area contributed by atoms with Crippen LogP contribution < -0.4 is 16.4 Å². The molecule has 0 spiro atoms. The Balaban J connectivity index is 2.26. The highest BCUT2D eigenvalue weighted by Gasteiger charge is 2.26. The summed E-state index contributed by atoms with van der Waals surface area (Å²) in [6.07, 6.45) is 3.33. The van der Waals surface area contributed by atoms with Gasteiger partial charge in [-0.25, -0.2) is 0 Å². The summed E-state index contributed by atoms with van der Waals surface area (Å²) >= 11 is 0. The van der Waals surface area contributed by atoms with E-state index in [1.807, 2.05) is 0 Å². The third kappa shape index (κ3) is 3.15. The predicted octanol–water partition coefficient (Wildman–Crippen LogP) is 0.762. The Hall–Kier alpha value is -1.69. The summed E-state index contributed by atoms with van der Waals surface area (Å²) in [5.41, 5.74) is 14.7. The van der Waals surface area contributed by atoms with Crippen molar-refractivity contribution in [3.63, 3.8) is 0 Å². The second kappa shape index (κ2) is 6.85. The van der Waals surface area contributed by atoms with Crippen molar-refractivity contribution >= 4 is 11.7 Å². The first kappa shape index (κ1) is 15.7. The van der Waals surface area contributed by atoms with Gasteiger partial charge in [0.15, 0.2) is 5.82 Å². The first-order valence-corrected chi connectivity index (χ1v) is 7.73. The number of hydrogen-bond acceptors (Lipinski definition) is 5. The number of hydrogen-bond donors (Lipinski definition) is 2. The lowest BCUT2D eigenvalue weighted by atomic mass is 9.95. The largest absolute Gasteiger partial charge is 0.369 e. The second-order valence-electron chi connectivity index (χ2n) is 5.50. The number of nitrogens with two attached hydrogens (primary N) is 2. The number of aryl methyl sites for hydroxylation is 1. The van der Waals surface area contributed by atoms with E-state index in [9.17, 15) is 4.79 Å². The number of nitrogens with zero attached hydrogens (tertiary/aromatic N) is 3. The van der Waals surface area contributed by atoms with Gasteiger partial charge in [-0.05, 0) is 31.2 Å². The van der Waals surface area contributed by atoms with E-state index in [-0.39, 0.29) is 11.8 Å². The van der Waals surface area contributed by atoms with Crippen molar-refractivity contribution in [1.29, 1.82) is 0 Å². The molecule has 1 fully saturated rings. The fourth-order valence-electron chi connectivity index (χ4n) is 3.08. The Morgan fingerprint density at radius 3 is 2.33 bits per heavy atom. The molecule has 116 valence electrons. The van der Waals surface area contributed by atoms with Gasteiger partial charge in [0.25, 0.3) is 0 Å². The van der Waals surface area contributed by atoms with Crippen LogP contribution in [0.25, 0.3) is 0 Å². The van der Waals surface area contributed by atoms with Crippen molar-refractivity contribution in [2.24, 2.45) is 17.4 Å². The summed E-state index contributed by atoms with van der Waals surface area (Å²) in [6.45, 7) is 6.24. The molecule has 1 saturated heterocycles. The Kier molecular flexibility index (Phi) is 5.12. The first-order chi connectivity index (χ1) is 10.1. The van der Waals surface area contributed by atoms with Gasteiger partial charge in [-0.1, -0.05) is 13.8 Å². The van der Waals surface area contributed by atoms with Crippen molar-refractivity contribution in [3.8, 4) is 0 Å². The number of carbonyl (C=O) groups is 1. The van der Waals surface area contributed by atoms with E-state index in [2.05, 4.69) is 28.9 Å². The Morgan fingerprint density at radius 2 is 1.86 bits per heavy atom. The molecule has 0 bridgehead atoms. The third-order valence-corrected chi connectivity index (χ3v) is 4.34. The Morgan fingerprint density at radius 1 is 1.19 bits per heavy atom. The molecule has 0 atom stereocenters. The van der Waals surface area contributed by atoms with Crippen LogP contribution in [0.15, 0.2) is 0 Å². The molecule has 0 saturated carbocycles. The summed E-state index contributed by atoms with van der Waals surface area (Å²) in [5.74, 6) is 0.668. The van der Waals surface area contributed by atoms with Crippen molar-refractivity contribution in [2.45, 2.75) is 46.1 Å². The standard InChI is InChI=1S/C15H25N5O/c1-3-11-12(9-16)15(19-18-13(11)4-2)20-7-5-10(6-8-20)14(17)21/h10H,3-9,16H2,1-2H3,(H2,17,21). The zero-order valence-corrected chi connectivity index (χ0v) is 12.9. The molecule has 1 amide bonds. The van der Waals surface area contributed by atoms with Gasteiger partial charge >= 0.3 is 0 Å². The summed E-state index contributed by atoms with van der Waals surface area (Å²) in [5, 5.41) is 8.77. The summed E-state index contributed by atoms with van der Waals surface area (Å²) in [7, 11) is 0. The van der Waals surface area contributed by atoms with Gasteiger partial charge in [-0.3, -0.25) is 4.79 Å². The van der Waals surface area contributed by atoms with E-state index >= 15 is 0 Å². The van der Waals surface area contributed by atoms with E-state index in [4.69, 9.17) is 11.5 Å². The van der Waals surface area contributed by atoms with Crippen LogP contribution in [-0.4, -0.2) is 29.2 Å². The van der Waals surface area contributed by atoms with Gasteiger partial charge < -0.3 is 16.4 Å². The van der Waals surface area contributed by atoms with Crippen molar-refractivity contribution in [2.75, 3.05) is 18.0 Å². The number of amides is 1. The van der Waals surface area contributed by atoms with E-state index < -0.39 is 0 Å². The summed E-state index contributed by atoms with van der Waals surface area (Å²) in [6, 6.07) is 0. The minimum absolute atomic E-state index is 0.0175. The smallest absolute Gasteiger partial charge is 0.220 e. The molecular weight excluding hydrogens is 266 g/mol. The average Bonchev–Trinajstić information content (AvgIpc) is 2.53. The molecule has 4 N–H and O–H groups in total. The van der Waals surface area contributed by atoms with Crippen LogP contribution >= 0.6 is 0 Å². The number of rotatable bonds is 5. The molecule has 1 aromatic heterocycles.